The summed E-state index contributed by atoms with van der Waals surface area (Å²) >= 11 is 3.62. The molecule has 0 aliphatic heterocycles. The molecule has 0 aliphatic carbocycles. The summed E-state index contributed by atoms with van der Waals surface area (Å²) in [6, 6.07) is 22.1. The highest BCUT2D eigenvalue weighted by Crippen LogP contribution is 2.30. The van der Waals surface area contributed by atoms with Crippen molar-refractivity contribution in [2.45, 2.75) is 12.6 Å². The summed E-state index contributed by atoms with van der Waals surface area (Å²) in [6.07, 6.45) is 2.79. The first kappa shape index (κ1) is 15.6. The molecule has 23 heavy (non-hydrogen) atoms. The molecule has 0 bridgehead atoms. The van der Waals surface area contributed by atoms with E-state index in [2.05, 4.69) is 37.9 Å². The first-order valence-electron chi connectivity index (χ1n) is 7.42. The summed E-state index contributed by atoms with van der Waals surface area (Å²) in [7, 11) is 0. The lowest BCUT2D eigenvalue weighted by molar-refractivity contribution is -0.110. The smallest absolute Gasteiger partial charge is 0.207 e. The highest BCUT2D eigenvalue weighted by Gasteiger charge is 2.20. The summed E-state index contributed by atoms with van der Waals surface area (Å²) in [5, 5.41) is 2.94. The zero-order valence-electron chi connectivity index (χ0n) is 12.5. The first-order chi connectivity index (χ1) is 11.3. The Bertz CT molecular complexity index is 769. The van der Waals surface area contributed by atoms with Gasteiger partial charge in [0, 0.05) is 17.2 Å². The van der Waals surface area contributed by atoms with E-state index in [1.807, 2.05) is 60.8 Å². The second kappa shape index (κ2) is 7.29. The Hall–Kier alpha value is -2.33. The average Bonchev–Trinajstić information content (AvgIpc) is 2.95. The quantitative estimate of drug-likeness (QED) is 0.652. The third-order valence-corrected chi connectivity index (χ3v) is 4.46. The van der Waals surface area contributed by atoms with Crippen LogP contribution in [0, 0.1) is 0 Å². The molecule has 3 rings (SSSR count). The van der Waals surface area contributed by atoms with E-state index in [4.69, 9.17) is 0 Å². The number of amides is 1. The zero-order valence-corrected chi connectivity index (χ0v) is 14.1. The van der Waals surface area contributed by atoms with Gasteiger partial charge >= 0.3 is 0 Å². The van der Waals surface area contributed by atoms with Gasteiger partial charge in [-0.2, -0.15) is 0 Å². The van der Waals surface area contributed by atoms with Crippen molar-refractivity contribution in [3.63, 3.8) is 0 Å². The van der Waals surface area contributed by atoms with Crippen LogP contribution in [0.2, 0.25) is 0 Å². The van der Waals surface area contributed by atoms with Crippen molar-refractivity contribution >= 4 is 22.3 Å². The highest BCUT2D eigenvalue weighted by molar-refractivity contribution is 9.10. The molecule has 3 nitrogen and oxygen atoms in total. The molecule has 1 aromatic heterocycles. The first-order valence-corrected chi connectivity index (χ1v) is 8.22. The van der Waals surface area contributed by atoms with Crippen LogP contribution in [-0.4, -0.2) is 11.0 Å². The molecule has 0 saturated carbocycles. The molecule has 4 heteroatoms. The number of hydrogen-bond donors (Lipinski definition) is 1. The third kappa shape index (κ3) is 3.54. The predicted octanol–water partition coefficient (Wildman–Crippen LogP) is 4.13. The number of halogens is 1. The molecule has 0 fully saturated rings. The van der Waals surface area contributed by atoms with Crippen LogP contribution in [-0.2, 0) is 11.3 Å². The van der Waals surface area contributed by atoms with E-state index < -0.39 is 0 Å². The molecule has 116 valence electrons. The van der Waals surface area contributed by atoms with E-state index in [1.54, 1.807) is 0 Å². The SMILES string of the molecule is O=CNC(c1ccccc1)c1c(Br)ccn1Cc1ccccc1. The molecule has 1 N–H and O–H groups in total. The van der Waals surface area contributed by atoms with Gasteiger partial charge < -0.3 is 9.88 Å². The van der Waals surface area contributed by atoms with Crippen molar-refractivity contribution in [1.29, 1.82) is 0 Å². The second-order valence-corrected chi connectivity index (χ2v) is 6.14. The molecule has 0 spiro atoms. The van der Waals surface area contributed by atoms with Crippen LogP contribution in [0.3, 0.4) is 0 Å². The van der Waals surface area contributed by atoms with Crippen molar-refractivity contribution in [3.05, 3.63) is 94.2 Å². The summed E-state index contributed by atoms with van der Waals surface area (Å²) in [6.45, 7) is 0.756. The Balaban J connectivity index is 2.00. The minimum atomic E-state index is -0.193. The maximum atomic E-state index is 11.1. The van der Waals surface area contributed by atoms with Crippen LogP contribution in [0.1, 0.15) is 22.9 Å². The largest absolute Gasteiger partial charge is 0.346 e. The van der Waals surface area contributed by atoms with Gasteiger partial charge in [-0.05, 0) is 33.1 Å². The van der Waals surface area contributed by atoms with Gasteiger partial charge in [0.15, 0.2) is 0 Å². The summed E-state index contributed by atoms with van der Waals surface area (Å²) in [5.74, 6) is 0. The van der Waals surface area contributed by atoms with Gasteiger partial charge in [-0.25, -0.2) is 0 Å². The summed E-state index contributed by atoms with van der Waals surface area (Å²) in [5.41, 5.74) is 3.30. The Labute approximate surface area is 144 Å². The number of rotatable bonds is 6. The molecule has 1 unspecified atom stereocenters. The molecule has 1 atom stereocenters. The van der Waals surface area contributed by atoms with Crippen LogP contribution < -0.4 is 5.32 Å². The van der Waals surface area contributed by atoms with Gasteiger partial charge in [-0.3, -0.25) is 4.79 Å². The fraction of sp³-hybridized carbons (Fsp3) is 0.105. The van der Waals surface area contributed by atoms with E-state index in [-0.39, 0.29) is 6.04 Å². The van der Waals surface area contributed by atoms with E-state index in [0.717, 1.165) is 28.7 Å². The lowest BCUT2D eigenvalue weighted by Crippen LogP contribution is -2.24. The van der Waals surface area contributed by atoms with Crippen molar-refractivity contribution in [2.24, 2.45) is 0 Å². The van der Waals surface area contributed by atoms with Gasteiger partial charge in [0.1, 0.15) is 0 Å². The molecule has 1 amide bonds. The number of carbonyl (C=O) groups excluding carboxylic acids is 1. The molecule has 0 radical (unpaired) electrons. The average molecular weight is 369 g/mol. The fourth-order valence-electron chi connectivity index (χ4n) is 2.73. The van der Waals surface area contributed by atoms with Crippen molar-refractivity contribution in [1.82, 2.24) is 9.88 Å². The number of nitrogens with one attached hydrogen (secondary N) is 1. The van der Waals surface area contributed by atoms with E-state index in [9.17, 15) is 4.79 Å². The van der Waals surface area contributed by atoms with Gasteiger partial charge in [-0.15, -0.1) is 0 Å². The van der Waals surface area contributed by atoms with Crippen LogP contribution in [0.25, 0.3) is 0 Å². The zero-order chi connectivity index (χ0) is 16.1. The summed E-state index contributed by atoms with van der Waals surface area (Å²) in [4.78, 5) is 11.1. The van der Waals surface area contributed by atoms with Crippen molar-refractivity contribution in [3.8, 4) is 0 Å². The maximum Gasteiger partial charge on any atom is 0.207 e. The molecule has 3 aromatic rings. The third-order valence-electron chi connectivity index (χ3n) is 3.79. The Morgan fingerprint density at radius 3 is 2.30 bits per heavy atom. The van der Waals surface area contributed by atoms with Crippen LogP contribution in [0.15, 0.2) is 77.4 Å². The Morgan fingerprint density at radius 1 is 1.00 bits per heavy atom. The number of aromatic nitrogens is 1. The molecule has 1 heterocycles. The number of hydrogen-bond acceptors (Lipinski definition) is 1. The van der Waals surface area contributed by atoms with Crippen LogP contribution >= 0.6 is 15.9 Å². The van der Waals surface area contributed by atoms with Crippen LogP contribution in [0.5, 0.6) is 0 Å². The van der Waals surface area contributed by atoms with Gasteiger partial charge in [0.2, 0.25) is 6.41 Å². The van der Waals surface area contributed by atoms with Gasteiger partial charge in [0.05, 0.1) is 11.7 Å². The number of carbonyl (C=O) groups is 1. The number of nitrogens with zero attached hydrogens (tertiary/aromatic N) is 1. The Morgan fingerprint density at radius 2 is 1.65 bits per heavy atom. The minimum Gasteiger partial charge on any atom is -0.346 e. The monoisotopic (exact) mass is 368 g/mol. The second-order valence-electron chi connectivity index (χ2n) is 5.29. The van der Waals surface area contributed by atoms with Gasteiger partial charge in [0.25, 0.3) is 0 Å². The van der Waals surface area contributed by atoms with E-state index in [1.165, 1.54) is 5.56 Å². The highest BCUT2D eigenvalue weighted by atomic mass is 79.9. The maximum absolute atomic E-state index is 11.1. The normalized spacial score (nSPS) is 11.9. The van der Waals surface area contributed by atoms with Crippen molar-refractivity contribution < 1.29 is 4.79 Å². The van der Waals surface area contributed by atoms with E-state index >= 15 is 0 Å². The Kier molecular flexibility index (Phi) is 4.93. The van der Waals surface area contributed by atoms with Crippen molar-refractivity contribution in [2.75, 3.05) is 0 Å². The molecule has 0 aliphatic rings. The topological polar surface area (TPSA) is 34.0 Å². The number of benzene rings is 2. The predicted molar refractivity (Wildman–Crippen MR) is 95.2 cm³/mol. The van der Waals surface area contributed by atoms with Gasteiger partial charge in [-0.1, -0.05) is 60.7 Å². The molecule has 0 saturated heterocycles. The lowest BCUT2D eigenvalue weighted by Gasteiger charge is -2.20. The molecular weight excluding hydrogens is 352 g/mol. The molecular formula is C19H17BrN2O. The minimum absolute atomic E-state index is 0.193. The van der Waals surface area contributed by atoms with Crippen LogP contribution in [0.4, 0.5) is 0 Å². The summed E-state index contributed by atoms with van der Waals surface area (Å²) < 4.78 is 3.14. The molecule has 2 aromatic carbocycles. The standard InChI is InChI=1S/C19H17BrN2O/c20-17-11-12-22(13-15-7-3-1-4-8-15)19(17)18(21-14-23)16-9-5-2-6-10-16/h1-12,14,18H,13H2,(H,21,23). The lowest BCUT2D eigenvalue weighted by atomic mass is 10.0. The van der Waals surface area contributed by atoms with E-state index in [0.29, 0.717) is 0 Å². The fourth-order valence-corrected chi connectivity index (χ4v) is 3.30.